The van der Waals surface area contributed by atoms with Gasteiger partial charge < -0.3 is 19.9 Å². The van der Waals surface area contributed by atoms with Gasteiger partial charge in [0, 0.05) is 6.07 Å². The van der Waals surface area contributed by atoms with Crippen LogP contribution in [0, 0.1) is 0 Å². The molecular weight excluding hydrogens is 278 g/mol. The van der Waals surface area contributed by atoms with Crippen molar-refractivity contribution in [3.05, 3.63) is 46.3 Å². The number of aliphatic hydroxyl groups is 1. The Hall–Kier alpha value is -2.67. The number of hydrogen-bond donors (Lipinski definition) is 3. The Kier molecular flexibility index (Phi) is 4.04. The SMILES string of the molecule is C[C@@H](O)[C@H](NC(=O)c1cc(=O)c2ccccc2o1)C(=O)O. The van der Waals surface area contributed by atoms with Crippen molar-refractivity contribution < 1.29 is 24.2 Å². The fourth-order valence-corrected chi connectivity index (χ4v) is 1.82. The Labute approximate surface area is 118 Å². The third kappa shape index (κ3) is 3.09. The first-order chi connectivity index (χ1) is 9.90. The van der Waals surface area contributed by atoms with Crippen molar-refractivity contribution in [2.24, 2.45) is 0 Å². The summed E-state index contributed by atoms with van der Waals surface area (Å²) >= 11 is 0. The first-order valence-electron chi connectivity index (χ1n) is 6.15. The molecule has 0 aliphatic carbocycles. The number of amides is 1. The van der Waals surface area contributed by atoms with E-state index in [4.69, 9.17) is 9.52 Å². The molecule has 21 heavy (non-hydrogen) atoms. The number of rotatable bonds is 4. The lowest BCUT2D eigenvalue weighted by molar-refractivity contribution is -0.141. The first-order valence-corrected chi connectivity index (χ1v) is 6.15. The van der Waals surface area contributed by atoms with Gasteiger partial charge in [0.2, 0.25) is 0 Å². The first kappa shape index (κ1) is 14.7. The number of carbonyl (C=O) groups excluding carboxylic acids is 1. The molecule has 0 unspecified atom stereocenters. The summed E-state index contributed by atoms with van der Waals surface area (Å²) in [6, 6.07) is 5.87. The molecule has 1 aromatic carbocycles. The minimum Gasteiger partial charge on any atom is -0.480 e. The number of carboxylic acids is 1. The van der Waals surface area contributed by atoms with E-state index in [1.54, 1.807) is 18.2 Å². The van der Waals surface area contributed by atoms with Crippen molar-refractivity contribution in [2.45, 2.75) is 19.1 Å². The molecule has 2 rings (SSSR count). The van der Waals surface area contributed by atoms with Crippen LogP contribution in [0.1, 0.15) is 17.5 Å². The van der Waals surface area contributed by atoms with Crippen LogP contribution in [-0.4, -0.2) is 34.2 Å². The van der Waals surface area contributed by atoms with E-state index in [1.807, 2.05) is 0 Å². The van der Waals surface area contributed by atoms with Crippen molar-refractivity contribution in [1.82, 2.24) is 5.32 Å². The maximum Gasteiger partial charge on any atom is 0.328 e. The van der Waals surface area contributed by atoms with Gasteiger partial charge >= 0.3 is 5.97 Å². The number of para-hydroxylation sites is 1. The van der Waals surface area contributed by atoms with Gasteiger partial charge in [0.15, 0.2) is 17.2 Å². The van der Waals surface area contributed by atoms with Crippen LogP contribution < -0.4 is 10.7 Å². The van der Waals surface area contributed by atoms with E-state index in [1.165, 1.54) is 13.0 Å². The highest BCUT2D eigenvalue weighted by molar-refractivity contribution is 5.95. The third-order valence-electron chi connectivity index (χ3n) is 2.89. The van der Waals surface area contributed by atoms with Crippen LogP contribution in [0.25, 0.3) is 11.0 Å². The quantitative estimate of drug-likeness (QED) is 0.748. The van der Waals surface area contributed by atoms with E-state index < -0.39 is 29.5 Å². The van der Waals surface area contributed by atoms with E-state index in [2.05, 4.69) is 5.32 Å². The molecule has 7 heteroatoms. The fraction of sp³-hybridized carbons (Fsp3) is 0.214. The van der Waals surface area contributed by atoms with Crippen LogP contribution in [0.5, 0.6) is 0 Å². The van der Waals surface area contributed by atoms with Gasteiger partial charge in [-0.2, -0.15) is 0 Å². The average molecular weight is 291 g/mol. The molecule has 7 nitrogen and oxygen atoms in total. The highest BCUT2D eigenvalue weighted by atomic mass is 16.4. The number of fused-ring (bicyclic) bond motifs is 1. The molecule has 0 spiro atoms. The molecule has 0 saturated heterocycles. The summed E-state index contributed by atoms with van der Waals surface area (Å²) in [5, 5.41) is 20.6. The highest BCUT2D eigenvalue weighted by Gasteiger charge is 2.26. The van der Waals surface area contributed by atoms with Crippen molar-refractivity contribution in [1.29, 1.82) is 0 Å². The molecular formula is C14H13NO6. The summed E-state index contributed by atoms with van der Waals surface area (Å²) in [7, 11) is 0. The van der Waals surface area contributed by atoms with Gasteiger partial charge in [-0.05, 0) is 19.1 Å². The predicted molar refractivity (Wildman–Crippen MR) is 73.1 cm³/mol. The number of nitrogens with one attached hydrogen (secondary N) is 1. The molecule has 2 aromatic rings. The summed E-state index contributed by atoms with van der Waals surface area (Å²) in [5.74, 6) is -2.58. The van der Waals surface area contributed by atoms with Gasteiger partial charge in [-0.15, -0.1) is 0 Å². The molecule has 0 radical (unpaired) electrons. The zero-order valence-corrected chi connectivity index (χ0v) is 11.1. The lowest BCUT2D eigenvalue weighted by atomic mass is 10.1. The maximum atomic E-state index is 11.9. The van der Waals surface area contributed by atoms with Crippen molar-refractivity contribution >= 4 is 22.8 Å². The van der Waals surface area contributed by atoms with Gasteiger partial charge in [0.1, 0.15) is 5.58 Å². The number of carboxylic acid groups (broad SMARTS) is 1. The Morgan fingerprint density at radius 2 is 1.95 bits per heavy atom. The van der Waals surface area contributed by atoms with Crippen LogP contribution in [0.2, 0.25) is 0 Å². The molecule has 1 amide bonds. The summed E-state index contributed by atoms with van der Waals surface area (Å²) < 4.78 is 5.28. The van der Waals surface area contributed by atoms with E-state index >= 15 is 0 Å². The van der Waals surface area contributed by atoms with Gasteiger partial charge in [-0.3, -0.25) is 9.59 Å². The van der Waals surface area contributed by atoms with E-state index in [0.717, 1.165) is 6.07 Å². The topological polar surface area (TPSA) is 117 Å². The molecule has 0 aliphatic heterocycles. The number of aliphatic carboxylic acids is 1. The lowest BCUT2D eigenvalue weighted by Crippen LogP contribution is -2.47. The zero-order valence-electron chi connectivity index (χ0n) is 11.1. The second-order valence-corrected chi connectivity index (χ2v) is 4.50. The van der Waals surface area contributed by atoms with E-state index in [0.29, 0.717) is 5.39 Å². The van der Waals surface area contributed by atoms with Crippen molar-refractivity contribution in [2.75, 3.05) is 0 Å². The van der Waals surface area contributed by atoms with Gasteiger partial charge in [-0.1, -0.05) is 12.1 Å². The molecule has 1 heterocycles. The summed E-state index contributed by atoms with van der Waals surface area (Å²) in [5.41, 5.74) is -0.190. The van der Waals surface area contributed by atoms with Crippen molar-refractivity contribution in [3.8, 4) is 0 Å². The summed E-state index contributed by atoms with van der Waals surface area (Å²) in [6.07, 6.45) is -1.29. The third-order valence-corrected chi connectivity index (χ3v) is 2.89. The van der Waals surface area contributed by atoms with E-state index in [9.17, 15) is 19.5 Å². The van der Waals surface area contributed by atoms with Crippen LogP contribution in [0.15, 0.2) is 39.5 Å². The molecule has 3 N–H and O–H groups in total. The lowest BCUT2D eigenvalue weighted by Gasteiger charge is -2.16. The molecule has 1 aromatic heterocycles. The Balaban J connectivity index is 2.36. The average Bonchev–Trinajstić information content (AvgIpc) is 2.43. The molecule has 110 valence electrons. The Morgan fingerprint density at radius 1 is 1.29 bits per heavy atom. The standard InChI is InChI=1S/C14H13NO6/c1-7(16)12(14(19)20)15-13(18)11-6-9(17)8-4-2-3-5-10(8)21-11/h2-7,12,16H,1H3,(H,15,18)(H,19,20)/t7-,12+/m1/s1. The van der Waals surface area contributed by atoms with E-state index in [-0.39, 0.29) is 11.3 Å². The number of hydrogen-bond acceptors (Lipinski definition) is 5. The number of aliphatic hydroxyl groups excluding tert-OH is 1. The Morgan fingerprint density at radius 3 is 2.57 bits per heavy atom. The molecule has 0 saturated carbocycles. The highest BCUT2D eigenvalue weighted by Crippen LogP contribution is 2.11. The molecule has 0 bridgehead atoms. The molecule has 0 fully saturated rings. The van der Waals surface area contributed by atoms with Gasteiger partial charge in [0.05, 0.1) is 11.5 Å². The fourth-order valence-electron chi connectivity index (χ4n) is 1.82. The summed E-state index contributed by atoms with van der Waals surface area (Å²) in [4.78, 5) is 34.7. The van der Waals surface area contributed by atoms with Crippen molar-refractivity contribution in [3.63, 3.8) is 0 Å². The van der Waals surface area contributed by atoms with Gasteiger partial charge in [-0.25, -0.2) is 4.79 Å². The predicted octanol–water partition coefficient (Wildman–Crippen LogP) is 0.357. The normalized spacial score (nSPS) is 13.6. The maximum absolute atomic E-state index is 11.9. The van der Waals surface area contributed by atoms with Crippen LogP contribution in [-0.2, 0) is 4.79 Å². The Bertz CT molecular complexity index is 748. The monoisotopic (exact) mass is 291 g/mol. The van der Waals surface area contributed by atoms with Crippen LogP contribution in [0.3, 0.4) is 0 Å². The smallest absolute Gasteiger partial charge is 0.328 e. The van der Waals surface area contributed by atoms with Crippen LogP contribution in [0.4, 0.5) is 0 Å². The second kappa shape index (κ2) is 5.76. The van der Waals surface area contributed by atoms with Crippen LogP contribution >= 0.6 is 0 Å². The number of carbonyl (C=O) groups is 2. The van der Waals surface area contributed by atoms with Gasteiger partial charge in [0.25, 0.3) is 5.91 Å². The number of benzene rings is 1. The second-order valence-electron chi connectivity index (χ2n) is 4.50. The minimum absolute atomic E-state index is 0.221. The largest absolute Gasteiger partial charge is 0.480 e. The molecule has 2 atom stereocenters. The molecule has 0 aliphatic rings. The zero-order chi connectivity index (χ0) is 15.6. The summed E-state index contributed by atoms with van der Waals surface area (Å²) in [6.45, 7) is 1.23. The minimum atomic E-state index is -1.49.